The first kappa shape index (κ1) is 11.0. The van der Waals surface area contributed by atoms with Gasteiger partial charge in [-0.1, -0.05) is 38.2 Å². The lowest BCUT2D eigenvalue weighted by Gasteiger charge is -2.04. The first-order chi connectivity index (χ1) is 6.81. The average Bonchev–Trinajstić information content (AvgIpc) is 2.61. The first-order valence-corrected chi connectivity index (χ1v) is 5.39. The lowest BCUT2D eigenvalue weighted by Crippen LogP contribution is -2.00. The zero-order chi connectivity index (χ0) is 10.4. The maximum absolute atomic E-state index is 4.63. The number of aliphatic imine (C=N–C) groups is 1. The van der Waals surface area contributed by atoms with Crippen molar-refractivity contribution in [2.75, 3.05) is 0 Å². The van der Waals surface area contributed by atoms with Crippen molar-refractivity contribution in [3.8, 4) is 0 Å². The van der Waals surface area contributed by atoms with Gasteiger partial charge in [-0.15, -0.1) is 0 Å². The van der Waals surface area contributed by atoms with Crippen molar-refractivity contribution < 1.29 is 0 Å². The summed E-state index contributed by atoms with van der Waals surface area (Å²) >= 11 is 0. The largest absolute Gasteiger partial charge is 0.282 e. The summed E-state index contributed by atoms with van der Waals surface area (Å²) in [5.74, 6) is 0. The predicted molar refractivity (Wildman–Crippen MR) is 63.8 cm³/mol. The monoisotopic (exact) mass is 189 g/mol. The Labute approximate surface area is 86.9 Å². The van der Waals surface area contributed by atoms with E-state index in [0.29, 0.717) is 6.04 Å². The van der Waals surface area contributed by atoms with Gasteiger partial charge < -0.3 is 0 Å². The third kappa shape index (κ3) is 2.69. The second-order valence-corrected chi connectivity index (χ2v) is 3.43. The van der Waals surface area contributed by atoms with Gasteiger partial charge in [-0.05, 0) is 31.4 Å². The molecule has 1 unspecified atom stereocenters. The lowest BCUT2D eigenvalue weighted by molar-refractivity contribution is 0.769. The minimum Gasteiger partial charge on any atom is -0.282 e. The van der Waals surface area contributed by atoms with Crippen LogP contribution >= 0.6 is 0 Å². The molecular formula is C13H19N. The fourth-order valence-corrected chi connectivity index (χ4v) is 1.56. The molecule has 0 N–H and O–H groups in total. The van der Waals surface area contributed by atoms with Gasteiger partial charge in [-0.25, -0.2) is 0 Å². The van der Waals surface area contributed by atoms with E-state index in [0.717, 1.165) is 12.8 Å². The van der Waals surface area contributed by atoms with Crippen LogP contribution < -0.4 is 0 Å². The maximum Gasteiger partial charge on any atom is 0.0750 e. The van der Waals surface area contributed by atoms with Crippen molar-refractivity contribution in [1.82, 2.24) is 0 Å². The minimum atomic E-state index is 0.395. The summed E-state index contributed by atoms with van der Waals surface area (Å²) in [6, 6.07) is 0.395. The molecule has 0 radical (unpaired) electrons. The van der Waals surface area contributed by atoms with Crippen molar-refractivity contribution in [3.05, 3.63) is 36.0 Å². The van der Waals surface area contributed by atoms with E-state index in [-0.39, 0.29) is 0 Å². The molecule has 1 aliphatic heterocycles. The standard InChI is InChI=1S/C13H19N/c1-4-7-8-9-11-10-12(5-2)14-13(11)6-3/h4,7-10,13H,5-6H2,1-3H3. The number of hydrogen-bond acceptors (Lipinski definition) is 1. The minimum absolute atomic E-state index is 0.395. The molecule has 0 aromatic carbocycles. The molecular weight excluding hydrogens is 170 g/mol. The molecule has 0 amide bonds. The van der Waals surface area contributed by atoms with Crippen LogP contribution in [0.2, 0.25) is 0 Å². The molecule has 14 heavy (non-hydrogen) atoms. The van der Waals surface area contributed by atoms with Crippen LogP contribution in [0.4, 0.5) is 0 Å². The van der Waals surface area contributed by atoms with Crippen molar-refractivity contribution in [1.29, 1.82) is 0 Å². The van der Waals surface area contributed by atoms with Gasteiger partial charge in [0.2, 0.25) is 0 Å². The van der Waals surface area contributed by atoms with Crippen LogP contribution in [0.1, 0.15) is 33.6 Å². The van der Waals surface area contributed by atoms with E-state index >= 15 is 0 Å². The molecule has 0 bridgehead atoms. The molecule has 1 heterocycles. The van der Waals surface area contributed by atoms with Crippen LogP contribution in [0.3, 0.4) is 0 Å². The maximum atomic E-state index is 4.63. The Morgan fingerprint density at radius 3 is 2.71 bits per heavy atom. The Balaban J connectivity index is 2.70. The van der Waals surface area contributed by atoms with Crippen LogP contribution in [0, 0.1) is 0 Å². The van der Waals surface area contributed by atoms with Gasteiger partial charge in [0.25, 0.3) is 0 Å². The van der Waals surface area contributed by atoms with Gasteiger partial charge in [-0.3, -0.25) is 4.99 Å². The highest BCUT2D eigenvalue weighted by atomic mass is 14.8. The molecule has 76 valence electrons. The molecule has 0 spiro atoms. The molecule has 0 saturated carbocycles. The first-order valence-electron chi connectivity index (χ1n) is 5.39. The second-order valence-electron chi connectivity index (χ2n) is 3.43. The molecule has 0 fully saturated rings. The molecule has 0 aromatic rings. The van der Waals surface area contributed by atoms with Gasteiger partial charge in [0, 0.05) is 5.71 Å². The quantitative estimate of drug-likeness (QED) is 0.598. The highest BCUT2D eigenvalue weighted by Crippen LogP contribution is 2.20. The summed E-state index contributed by atoms with van der Waals surface area (Å²) in [7, 11) is 0. The van der Waals surface area contributed by atoms with E-state index in [1.807, 2.05) is 13.0 Å². The highest BCUT2D eigenvalue weighted by molar-refractivity contribution is 5.98. The van der Waals surface area contributed by atoms with Crippen LogP contribution in [-0.4, -0.2) is 11.8 Å². The van der Waals surface area contributed by atoms with Gasteiger partial charge in [-0.2, -0.15) is 0 Å². The zero-order valence-electron chi connectivity index (χ0n) is 9.33. The van der Waals surface area contributed by atoms with Crippen LogP contribution in [0.15, 0.2) is 40.9 Å². The van der Waals surface area contributed by atoms with Gasteiger partial charge in [0.05, 0.1) is 6.04 Å². The number of nitrogens with zero attached hydrogens (tertiary/aromatic N) is 1. The fourth-order valence-electron chi connectivity index (χ4n) is 1.56. The number of hydrogen-bond donors (Lipinski definition) is 0. The summed E-state index contributed by atoms with van der Waals surface area (Å²) in [6.45, 7) is 6.36. The second kappa shape index (κ2) is 5.58. The van der Waals surface area contributed by atoms with E-state index in [4.69, 9.17) is 0 Å². The van der Waals surface area contributed by atoms with E-state index in [9.17, 15) is 0 Å². The Hall–Kier alpha value is -1.11. The third-order valence-corrected chi connectivity index (χ3v) is 2.38. The van der Waals surface area contributed by atoms with Crippen molar-refractivity contribution in [3.63, 3.8) is 0 Å². The summed E-state index contributed by atoms with van der Waals surface area (Å²) < 4.78 is 0. The summed E-state index contributed by atoms with van der Waals surface area (Å²) in [6.07, 6.45) is 12.7. The SMILES string of the molecule is CC=CC=CC1=CC(CC)=NC1CC. The molecule has 0 aliphatic carbocycles. The predicted octanol–water partition coefficient (Wildman–Crippen LogP) is 3.69. The fraction of sp³-hybridized carbons (Fsp3) is 0.462. The van der Waals surface area contributed by atoms with Gasteiger partial charge in [0.15, 0.2) is 0 Å². The number of rotatable bonds is 4. The molecule has 0 aromatic heterocycles. The molecule has 1 rings (SSSR count). The van der Waals surface area contributed by atoms with Crippen molar-refractivity contribution in [2.24, 2.45) is 4.99 Å². The number of allylic oxidation sites excluding steroid dienone is 4. The molecule has 1 atom stereocenters. The average molecular weight is 189 g/mol. The molecule has 1 nitrogen and oxygen atoms in total. The lowest BCUT2D eigenvalue weighted by atomic mass is 10.1. The Kier molecular flexibility index (Phi) is 4.37. The smallest absolute Gasteiger partial charge is 0.0750 e. The summed E-state index contributed by atoms with van der Waals surface area (Å²) in [4.78, 5) is 4.63. The van der Waals surface area contributed by atoms with Crippen LogP contribution in [-0.2, 0) is 0 Å². The Bertz CT molecular complexity index is 292. The third-order valence-electron chi connectivity index (χ3n) is 2.38. The van der Waals surface area contributed by atoms with E-state index in [1.165, 1.54) is 11.3 Å². The van der Waals surface area contributed by atoms with Gasteiger partial charge in [0.1, 0.15) is 0 Å². The zero-order valence-corrected chi connectivity index (χ0v) is 9.33. The molecule has 1 heteroatoms. The van der Waals surface area contributed by atoms with Crippen molar-refractivity contribution in [2.45, 2.75) is 39.7 Å². The summed E-state index contributed by atoms with van der Waals surface area (Å²) in [5.41, 5.74) is 2.58. The topological polar surface area (TPSA) is 12.4 Å². The van der Waals surface area contributed by atoms with E-state index in [2.05, 4.69) is 43.1 Å². The normalized spacial score (nSPS) is 22.1. The highest BCUT2D eigenvalue weighted by Gasteiger charge is 2.15. The Morgan fingerprint density at radius 1 is 1.36 bits per heavy atom. The van der Waals surface area contributed by atoms with E-state index in [1.54, 1.807) is 0 Å². The van der Waals surface area contributed by atoms with Crippen LogP contribution in [0.25, 0.3) is 0 Å². The van der Waals surface area contributed by atoms with Crippen molar-refractivity contribution >= 4 is 5.71 Å². The molecule has 0 saturated heterocycles. The Morgan fingerprint density at radius 2 is 2.14 bits per heavy atom. The van der Waals surface area contributed by atoms with Gasteiger partial charge >= 0.3 is 0 Å². The molecule has 1 aliphatic rings. The van der Waals surface area contributed by atoms with E-state index < -0.39 is 0 Å². The summed E-state index contributed by atoms with van der Waals surface area (Å²) in [5, 5.41) is 0. The van der Waals surface area contributed by atoms with Crippen LogP contribution in [0.5, 0.6) is 0 Å².